The molecule has 0 bridgehead atoms. The van der Waals surface area contributed by atoms with Gasteiger partial charge in [-0.1, -0.05) is 49.9 Å². The van der Waals surface area contributed by atoms with Crippen LogP contribution in [-0.4, -0.2) is 75.5 Å². The average Bonchev–Trinajstić information content (AvgIpc) is 2.91. The van der Waals surface area contributed by atoms with Crippen molar-refractivity contribution < 1.29 is 19.7 Å². The second-order valence-electron chi connectivity index (χ2n) is 11.7. The van der Waals surface area contributed by atoms with Crippen LogP contribution in [0.3, 0.4) is 0 Å². The lowest BCUT2D eigenvalue weighted by atomic mass is 9.71. The molecule has 2 aromatic carbocycles. The third kappa shape index (κ3) is 9.23. The van der Waals surface area contributed by atoms with E-state index < -0.39 is 11.2 Å². The van der Waals surface area contributed by atoms with Crippen LogP contribution in [0.15, 0.2) is 48.5 Å². The van der Waals surface area contributed by atoms with Crippen molar-refractivity contribution in [3.05, 3.63) is 59.7 Å². The normalized spacial score (nSPS) is 26.1. The van der Waals surface area contributed by atoms with Crippen LogP contribution in [0.25, 0.3) is 0 Å². The Kier molecular flexibility index (Phi) is 15.3. The molecule has 0 spiro atoms. The van der Waals surface area contributed by atoms with E-state index >= 15 is 0 Å². The fourth-order valence-corrected chi connectivity index (χ4v) is 6.37. The molecule has 0 unspecified atom stereocenters. The zero-order valence-electron chi connectivity index (χ0n) is 25.3. The molecule has 0 heterocycles. The summed E-state index contributed by atoms with van der Waals surface area (Å²) in [5.74, 6) is 2.23. The maximum Gasteiger partial charge on any atom is 0.119 e. The summed E-state index contributed by atoms with van der Waals surface area (Å²) in [4.78, 5) is 4.34. The summed E-state index contributed by atoms with van der Waals surface area (Å²) in [6, 6.07) is 15.8. The molecule has 0 amide bonds. The van der Waals surface area contributed by atoms with Crippen molar-refractivity contribution in [2.75, 3.05) is 55.5 Å². The van der Waals surface area contributed by atoms with Gasteiger partial charge in [0.25, 0.3) is 0 Å². The van der Waals surface area contributed by atoms with Crippen molar-refractivity contribution in [3.8, 4) is 11.5 Å². The van der Waals surface area contributed by atoms with Crippen molar-refractivity contribution in [2.24, 2.45) is 11.8 Å². The van der Waals surface area contributed by atoms with E-state index in [1.807, 2.05) is 48.5 Å². The zero-order valence-corrected chi connectivity index (χ0v) is 26.9. The fourth-order valence-electron chi connectivity index (χ4n) is 6.37. The SMILES string of the molecule is COc1cccc([C@@]2(O)CCCC[C@@H]2CN(C)C)c1.COc1cccc([C@]2(O)CCCC[C@H]2CN(C)C)c1.Cl.Cl. The minimum absolute atomic E-state index is 0. The maximum atomic E-state index is 11.2. The maximum absolute atomic E-state index is 11.2. The van der Waals surface area contributed by atoms with E-state index in [0.717, 1.165) is 74.2 Å². The van der Waals surface area contributed by atoms with Crippen LogP contribution in [0.1, 0.15) is 62.5 Å². The number of benzene rings is 2. The van der Waals surface area contributed by atoms with Crippen LogP contribution in [0.5, 0.6) is 11.5 Å². The van der Waals surface area contributed by atoms with E-state index in [0.29, 0.717) is 11.8 Å². The number of hydrogen-bond acceptors (Lipinski definition) is 6. The summed E-state index contributed by atoms with van der Waals surface area (Å²) >= 11 is 0. The molecular weight excluding hydrogens is 547 g/mol. The summed E-state index contributed by atoms with van der Waals surface area (Å²) in [5, 5.41) is 22.4. The first-order valence-corrected chi connectivity index (χ1v) is 14.2. The number of ether oxygens (including phenoxy) is 2. The van der Waals surface area contributed by atoms with Gasteiger partial charge in [0.15, 0.2) is 0 Å². The third-order valence-electron chi connectivity index (χ3n) is 8.38. The van der Waals surface area contributed by atoms with Gasteiger partial charge in [-0.25, -0.2) is 0 Å². The summed E-state index contributed by atoms with van der Waals surface area (Å²) in [6.45, 7) is 1.85. The van der Waals surface area contributed by atoms with Crippen LogP contribution >= 0.6 is 24.8 Å². The number of hydrogen-bond donors (Lipinski definition) is 2. The molecule has 2 fully saturated rings. The number of halogens is 2. The van der Waals surface area contributed by atoms with E-state index in [4.69, 9.17) is 9.47 Å². The van der Waals surface area contributed by atoms with Crippen LogP contribution in [0.2, 0.25) is 0 Å². The Morgan fingerprint density at radius 2 is 1.05 bits per heavy atom. The van der Waals surface area contributed by atoms with E-state index in [9.17, 15) is 10.2 Å². The van der Waals surface area contributed by atoms with Crippen molar-refractivity contribution in [1.29, 1.82) is 0 Å². The lowest BCUT2D eigenvalue weighted by Gasteiger charge is -2.41. The van der Waals surface area contributed by atoms with E-state index in [2.05, 4.69) is 38.0 Å². The number of methoxy groups -OCH3 is 2. The Balaban J connectivity index is 0.000000381. The molecule has 2 saturated carbocycles. The van der Waals surface area contributed by atoms with Crippen LogP contribution in [0.4, 0.5) is 0 Å². The molecule has 0 radical (unpaired) electrons. The summed E-state index contributed by atoms with van der Waals surface area (Å²) in [7, 11) is 11.6. The van der Waals surface area contributed by atoms with Gasteiger partial charge in [-0.15, -0.1) is 24.8 Å². The Morgan fingerprint density at radius 1 is 0.675 bits per heavy atom. The van der Waals surface area contributed by atoms with Crippen molar-refractivity contribution in [1.82, 2.24) is 9.80 Å². The van der Waals surface area contributed by atoms with Crippen molar-refractivity contribution >= 4 is 24.8 Å². The minimum atomic E-state index is -0.711. The molecule has 6 nitrogen and oxygen atoms in total. The molecule has 228 valence electrons. The van der Waals surface area contributed by atoms with Gasteiger partial charge in [-0.2, -0.15) is 0 Å². The Hall–Kier alpha value is -1.54. The highest BCUT2D eigenvalue weighted by atomic mass is 35.5. The smallest absolute Gasteiger partial charge is 0.119 e. The van der Waals surface area contributed by atoms with Gasteiger partial charge in [0.1, 0.15) is 11.5 Å². The quantitative estimate of drug-likeness (QED) is 0.382. The van der Waals surface area contributed by atoms with E-state index in [1.54, 1.807) is 14.2 Å². The fraction of sp³-hybridized carbons (Fsp3) is 0.625. The molecule has 2 aliphatic carbocycles. The summed E-state index contributed by atoms with van der Waals surface area (Å²) < 4.78 is 10.6. The molecule has 2 aliphatic rings. The summed E-state index contributed by atoms with van der Waals surface area (Å²) in [5.41, 5.74) is 0.575. The Labute approximate surface area is 254 Å². The Bertz CT molecular complexity index is 929. The predicted octanol–water partition coefficient (Wildman–Crippen LogP) is 6.11. The predicted molar refractivity (Wildman–Crippen MR) is 169 cm³/mol. The van der Waals surface area contributed by atoms with Crippen molar-refractivity contribution in [3.63, 3.8) is 0 Å². The van der Waals surface area contributed by atoms with Gasteiger partial charge >= 0.3 is 0 Å². The van der Waals surface area contributed by atoms with Crippen molar-refractivity contribution in [2.45, 2.75) is 62.6 Å². The first-order chi connectivity index (χ1) is 18.1. The Morgan fingerprint density at radius 3 is 1.38 bits per heavy atom. The van der Waals surface area contributed by atoms with Gasteiger partial charge < -0.3 is 29.5 Å². The number of aliphatic hydroxyl groups is 2. The third-order valence-corrected chi connectivity index (χ3v) is 8.38. The molecule has 8 heteroatoms. The van der Waals surface area contributed by atoms with Gasteiger partial charge in [0, 0.05) is 24.9 Å². The van der Waals surface area contributed by atoms with E-state index in [1.165, 1.54) is 12.8 Å². The van der Waals surface area contributed by atoms with Gasteiger partial charge in [0.2, 0.25) is 0 Å². The molecule has 0 aliphatic heterocycles. The average molecular weight is 600 g/mol. The highest BCUT2D eigenvalue weighted by Crippen LogP contribution is 2.44. The van der Waals surface area contributed by atoms with Gasteiger partial charge in [-0.05, 0) is 89.3 Å². The molecule has 2 aromatic rings. The first-order valence-electron chi connectivity index (χ1n) is 14.2. The lowest BCUT2D eigenvalue weighted by molar-refractivity contribution is -0.0621. The van der Waals surface area contributed by atoms with Crippen LogP contribution < -0.4 is 9.47 Å². The van der Waals surface area contributed by atoms with Gasteiger partial charge in [0.05, 0.1) is 25.4 Å². The second kappa shape index (κ2) is 16.8. The monoisotopic (exact) mass is 598 g/mol. The molecule has 0 saturated heterocycles. The largest absolute Gasteiger partial charge is 0.497 e. The lowest BCUT2D eigenvalue weighted by Crippen LogP contribution is -2.43. The van der Waals surface area contributed by atoms with E-state index in [-0.39, 0.29) is 24.8 Å². The van der Waals surface area contributed by atoms with Crippen LogP contribution in [-0.2, 0) is 11.2 Å². The number of rotatable bonds is 8. The molecule has 2 N–H and O–H groups in total. The molecule has 4 rings (SSSR count). The first kappa shape index (κ1) is 36.5. The van der Waals surface area contributed by atoms with Crippen LogP contribution in [0, 0.1) is 11.8 Å². The molecule has 40 heavy (non-hydrogen) atoms. The minimum Gasteiger partial charge on any atom is -0.497 e. The molecule has 4 atom stereocenters. The number of nitrogens with zero attached hydrogens (tertiary/aromatic N) is 2. The summed E-state index contributed by atoms with van der Waals surface area (Å²) in [6.07, 6.45) is 8.49. The topological polar surface area (TPSA) is 65.4 Å². The molecule has 0 aromatic heterocycles. The second-order valence-corrected chi connectivity index (χ2v) is 11.7. The highest BCUT2D eigenvalue weighted by molar-refractivity contribution is 5.85. The molecular formula is C32H52Cl2N2O4. The standard InChI is InChI=1S/2C16H25NO2.2ClH/c2*1-17(2)12-14-7-4-5-10-16(14,18)13-8-6-9-15(11-13)19-3;;/h2*6,8-9,11,14,18H,4-5,7,10,12H2,1-3H3;2*1H/t2*14-,16+;;/m10../s1. The zero-order chi connectivity index (χ0) is 27.8. The van der Waals surface area contributed by atoms with Gasteiger partial charge in [-0.3, -0.25) is 0 Å². The highest BCUT2D eigenvalue weighted by Gasteiger charge is 2.41.